The van der Waals surface area contributed by atoms with Gasteiger partial charge in [-0.15, -0.1) is 0 Å². The average Bonchev–Trinajstić information content (AvgIpc) is 3.33. The molecule has 32 heavy (non-hydrogen) atoms. The highest BCUT2D eigenvalue weighted by atomic mass is 16.5. The summed E-state index contributed by atoms with van der Waals surface area (Å²) in [6.45, 7) is 6.81. The van der Waals surface area contributed by atoms with Crippen molar-refractivity contribution in [3.63, 3.8) is 0 Å². The monoisotopic (exact) mass is 435 g/mol. The summed E-state index contributed by atoms with van der Waals surface area (Å²) in [5.74, 6) is 0.219. The maximum atomic E-state index is 12.4. The number of amides is 1. The van der Waals surface area contributed by atoms with E-state index in [1.54, 1.807) is 12.3 Å². The SMILES string of the molecule is CC1(C)Cc2cc(-c3cn(-c4cc[nH]c(=O)c4)nc3C(N)=O)c(N3CCOCC3)cc2O1. The molecule has 3 N–H and O–H groups in total. The second-order valence-electron chi connectivity index (χ2n) is 8.73. The molecule has 5 rings (SSSR count). The Labute approximate surface area is 184 Å². The van der Waals surface area contributed by atoms with Gasteiger partial charge in [0.1, 0.15) is 11.4 Å². The third-order valence-corrected chi connectivity index (χ3v) is 5.79. The van der Waals surface area contributed by atoms with E-state index in [9.17, 15) is 9.59 Å². The maximum Gasteiger partial charge on any atom is 0.269 e. The minimum Gasteiger partial charge on any atom is -0.487 e. The van der Waals surface area contributed by atoms with Gasteiger partial charge in [0.25, 0.3) is 5.91 Å². The first kappa shape index (κ1) is 20.3. The van der Waals surface area contributed by atoms with Crippen LogP contribution in [-0.2, 0) is 11.2 Å². The van der Waals surface area contributed by atoms with Crippen LogP contribution in [-0.4, -0.2) is 52.6 Å². The lowest BCUT2D eigenvalue weighted by Gasteiger charge is -2.31. The van der Waals surface area contributed by atoms with Crippen LogP contribution in [0.5, 0.6) is 5.75 Å². The van der Waals surface area contributed by atoms with Gasteiger partial charge in [0, 0.05) is 60.9 Å². The number of carbonyl (C=O) groups is 1. The lowest BCUT2D eigenvalue weighted by atomic mass is 9.95. The van der Waals surface area contributed by atoms with Crippen LogP contribution in [0.1, 0.15) is 29.9 Å². The van der Waals surface area contributed by atoms with Crippen LogP contribution in [0.15, 0.2) is 41.5 Å². The Balaban J connectivity index is 1.70. The number of hydrogen-bond acceptors (Lipinski definition) is 6. The van der Waals surface area contributed by atoms with Gasteiger partial charge in [-0.25, -0.2) is 4.68 Å². The van der Waals surface area contributed by atoms with Gasteiger partial charge < -0.3 is 25.1 Å². The van der Waals surface area contributed by atoms with Crippen molar-refractivity contribution in [1.82, 2.24) is 14.8 Å². The van der Waals surface area contributed by atoms with Crippen LogP contribution < -0.4 is 20.9 Å². The van der Waals surface area contributed by atoms with E-state index in [0.29, 0.717) is 24.5 Å². The van der Waals surface area contributed by atoms with Crippen LogP contribution in [0, 0.1) is 0 Å². The van der Waals surface area contributed by atoms with E-state index in [1.165, 1.54) is 16.9 Å². The van der Waals surface area contributed by atoms with Crippen LogP contribution in [0.3, 0.4) is 0 Å². The Hall–Kier alpha value is -3.59. The normalized spacial score (nSPS) is 17.1. The summed E-state index contributed by atoms with van der Waals surface area (Å²) in [6.07, 6.45) is 4.05. The van der Waals surface area contributed by atoms with Gasteiger partial charge in [-0.1, -0.05) is 0 Å². The molecule has 0 radical (unpaired) electrons. The lowest BCUT2D eigenvalue weighted by Crippen LogP contribution is -2.36. The highest BCUT2D eigenvalue weighted by molar-refractivity contribution is 6.00. The number of hydrogen-bond donors (Lipinski definition) is 2. The summed E-state index contributed by atoms with van der Waals surface area (Å²) in [5.41, 5.74) is 9.34. The summed E-state index contributed by atoms with van der Waals surface area (Å²) in [7, 11) is 0. The number of morpholine rings is 1. The number of H-pyrrole nitrogens is 1. The van der Waals surface area contributed by atoms with Crippen molar-refractivity contribution in [3.8, 4) is 22.6 Å². The van der Waals surface area contributed by atoms with Crippen molar-refractivity contribution in [2.45, 2.75) is 25.9 Å². The third kappa shape index (κ3) is 3.64. The molecule has 1 amide bonds. The minimum atomic E-state index is -0.631. The zero-order chi connectivity index (χ0) is 22.5. The third-order valence-electron chi connectivity index (χ3n) is 5.79. The number of primary amides is 1. The van der Waals surface area contributed by atoms with Gasteiger partial charge >= 0.3 is 0 Å². The summed E-state index contributed by atoms with van der Waals surface area (Å²) >= 11 is 0. The molecule has 9 nitrogen and oxygen atoms in total. The highest BCUT2D eigenvalue weighted by Crippen LogP contribution is 2.44. The molecule has 0 aliphatic carbocycles. The van der Waals surface area contributed by atoms with Crippen LogP contribution >= 0.6 is 0 Å². The second kappa shape index (κ2) is 7.52. The Kier molecular flexibility index (Phi) is 4.78. The highest BCUT2D eigenvalue weighted by Gasteiger charge is 2.33. The van der Waals surface area contributed by atoms with E-state index in [-0.39, 0.29) is 16.9 Å². The molecule has 0 unspecified atom stereocenters. The number of ether oxygens (including phenoxy) is 2. The van der Waals surface area contributed by atoms with E-state index in [0.717, 1.165) is 42.1 Å². The molecule has 3 aromatic rings. The van der Waals surface area contributed by atoms with Crippen molar-refractivity contribution in [1.29, 1.82) is 0 Å². The largest absolute Gasteiger partial charge is 0.487 e. The van der Waals surface area contributed by atoms with Gasteiger partial charge in [0.15, 0.2) is 5.69 Å². The number of fused-ring (bicyclic) bond motifs is 1. The van der Waals surface area contributed by atoms with E-state index < -0.39 is 5.91 Å². The predicted octanol–water partition coefficient (Wildman–Crippen LogP) is 1.88. The van der Waals surface area contributed by atoms with Crippen LogP contribution in [0.4, 0.5) is 5.69 Å². The number of anilines is 1. The molecule has 0 saturated carbocycles. The van der Waals surface area contributed by atoms with E-state index in [2.05, 4.69) is 34.9 Å². The maximum absolute atomic E-state index is 12.4. The van der Waals surface area contributed by atoms with Gasteiger partial charge in [-0.3, -0.25) is 9.59 Å². The van der Waals surface area contributed by atoms with Crippen molar-refractivity contribution in [2.24, 2.45) is 5.73 Å². The van der Waals surface area contributed by atoms with Crippen molar-refractivity contribution in [3.05, 3.63) is 58.3 Å². The number of rotatable bonds is 4. The number of nitrogens with one attached hydrogen (secondary N) is 1. The molecule has 0 atom stereocenters. The van der Waals surface area contributed by atoms with Crippen LogP contribution in [0.25, 0.3) is 16.8 Å². The minimum absolute atomic E-state index is 0.151. The second-order valence-corrected chi connectivity index (χ2v) is 8.73. The fraction of sp³-hybridized carbons (Fsp3) is 0.348. The molecule has 4 heterocycles. The number of aromatic nitrogens is 3. The molecular weight excluding hydrogens is 410 g/mol. The number of carbonyl (C=O) groups excluding carboxylic acids is 1. The van der Waals surface area contributed by atoms with Crippen LogP contribution in [0.2, 0.25) is 0 Å². The van der Waals surface area contributed by atoms with E-state index in [4.69, 9.17) is 15.2 Å². The molecule has 0 spiro atoms. The number of benzene rings is 1. The zero-order valence-corrected chi connectivity index (χ0v) is 18.1. The standard InChI is InChI=1S/C23H25N5O4/c1-23(2)12-14-9-16(18(11-19(14)32-23)27-5-7-31-8-6-27)17-13-28(26-21(17)22(24)30)15-3-4-25-20(29)10-15/h3-4,9-11,13H,5-8,12H2,1-2H3,(H2,24,30)(H,25,29). The van der Waals surface area contributed by atoms with E-state index in [1.807, 2.05) is 6.07 Å². The molecule has 0 bridgehead atoms. The fourth-order valence-corrected chi connectivity index (χ4v) is 4.38. The number of nitrogens with zero attached hydrogens (tertiary/aromatic N) is 3. The first-order valence-electron chi connectivity index (χ1n) is 10.6. The molecule has 1 saturated heterocycles. The van der Waals surface area contributed by atoms with Crippen molar-refractivity contribution >= 4 is 11.6 Å². The Morgan fingerprint density at radius 3 is 2.69 bits per heavy atom. The molecule has 9 heteroatoms. The quantitative estimate of drug-likeness (QED) is 0.647. The number of nitrogens with two attached hydrogens (primary N) is 1. The molecule has 2 aromatic heterocycles. The Bertz CT molecular complexity index is 1250. The zero-order valence-electron chi connectivity index (χ0n) is 18.1. The molecule has 166 valence electrons. The summed E-state index contributed by atoms with van der Waals surface area (Å²) in [4.78, 5) is 28.9. The molecule has 1 fully saturated rings. The summed E-state index contributed by atoms with van der Waals surface area (Å²) in [5, 5.41) is 4.42. The Morgan fingerprint density at radius 2 is 1.97 bits per heavy atom. The molecule has 2 aliphatic heterocycles. The summed E-state index contributed by atoms with van der Waals surface area (Å²) < 4.78 is 13.2. The summed E-state index contributed by atoms with van der Waals surface area (Å²) in [6, 6.07) is 7.24. The first-order valence-corrected chi connectivity index (χ1v) is 10.6. The smallest absolute Gasteiger partial charge is 0.269 e. The fourth-order valence-electron chi connectivity index (χ4n) is 4.38. The number of pyridine rings is 1. The topological polar surface area (TPSA) is 115 Å². The Morgan fingerprint density at radius 1 is 1.19 bits per heavy atom. The van der Waals surface area contributed by atoms with Crippen molar-refractivity contribution in [2.75, 3.05) is 31.2 Å². The van der Waals surface area contributed by atoms with Gasteiger partial charge in [0.2, 0.25) is 5.56 Å². The number of aromatic amines is 1. The van der Waals surface area contributed by atoms with Crippen molar-refractivity contribution < 1.29 is 14.3 Å². The average molecular weight is 435 g/mol. The molecule has 2 aliphatic rings. The van der Waals surface area contributed by atoms with E-state index >= 15 is 0 Å². The van der Waals surface area contributed by atoms with Gasteiger partial charge in [-0.2, -0.15) is 5.10 Å². The van der Waals surface area contributed by atoms with Gasteiger partial charge in [0.05, 0.1) is 18.9 Å². The van der Waals surface area contributed by atoms with Gasteiger partial charge in [-0.05, 0) is 31.5 Å². The first-order chi connectivity index (χ1) is 15.3. The predicted molar refractivity (Wildman–Crippen MR) is 120 cm³/mol. The molecular formula is C23H25N5O4. The molecule has 1 aromatic carbocycles. The lowest BCUT2D eigenvalue weighted by molar-refractivity contribution is 0.0995.